The number of aromatic nitrogens is 4. The largest absolute Gasteiger partial charge is 0.392 e. The Morgan fingerprint density at radius 3 is 2.55 bits per heavy atom. The molecule has 8 heteroatoms. The maximum Gasteiger partial charge on any atom is 0.227 e. The van der Waals surface area contributed by atoms with Crippen LogP contribution in [0.25, 0.3) is 11.0 Å². The molecule has 8 nitrogen and oxygen atoms in total. The molecule has 178 valence electrons. The van der Waals surface area contributed by atoms with E-state index in [0.717, 1.165) is 48.2 Å². The van der Waals surface area contributed by atoms with Gasteiger partial charge in [-0.3, -0.25) is 4.68 Å². The summed E-state index contributed by atoms with van der Waals surface area (Å²) in [4.78, 5) is 9.59. The molecule has 0 unspecified atom stereocenters. The molecule has 0 bridgehead atoms. The van der Waals surface area contributed by atoms with Gasteiger partial charge >= 0.3 is 0 Å². The lowest BCUT2D eigenvalue weighted by Gasteiger charge is -2.36. The van der Waals surface area contributed by atoms with E-state index in [0.29, 0.717) is 5.95 Å². The van der Waals surface area contributed by atoms with E-state index in [9.17, 15) is 5.11 Å². The van der Waals surface area contributed by atoms with Gasteiger partial charge in [0, 0.05) is 13.6 Å². The Morgan fingerprint density at radius 2 is 1.82 bits per heavy atom. The lowest BCUT2D eigenvalue weighted by atomic mass is 9.92. The summed E-state index contributed by atoms with van der Waals surface area (Å²) in [6, 6.07) is 8.21. The summed E-state index contributed by atoms with van der Waals surface area (Å²) in [6.45, 7) is 7.12. The second-order valence-corrected chi connectivity index (χ2v) is 9.86. The predicted octanol–water partition coefficient (Wildman–Crippen LogP) is 4.05. The van der Waals surface area contributed by atoms with Crippen LogP contribution in [0.5, 0.6) is 0 Å². The van der Waals surface area contributed by atoms with Crippen LogP contribution >= 0.6 is 0 Å². The van der Waals surface area contributed by atoms with Gasteiger partial charge in [0.1, 0.15) is 5.82 Å². The lowest BCUT2D eigenvalue weighted by molar-refractivity contribution is -0.0783. The van der Waals surface area contributed by atoms with Crippen LogP contribution in [0.15, 0.2) is 30.5 Å². The van der Waals surface area contributed by atoms with Crippen LogP contribution in [-0.2, 0) is 24.8 Å². The highest BCUT2D eigenvalue weighted by Gasteiger charge is 2.30. The van der Waals surface area contributed by atoms with Crippen molar-refractivity contribution in [2.45, 2.75) is 77.2 Å². The third-order valence-corrected chi connectivity index (χ3v) is 6.03. The number of ether oxygens (including phenoxy) is 1. The summed E-state index contributed by atoms with van der Waals surface area (Å²) in [6.07, 6.45) is 7.25. The SMILES string of the molecule is Cn1ncc2c(NCCc3ccc(CO)cc3)nc(N[C@H]3CCCC[C@@H]3OC(C)(C)C)nc21. The molecule has 0 spiro atoms. The number of anilines is 2. The first-order valence-electron chi connectivity index (χ1n) is 11.9. The number of aliphatic hydroxyl groups is 1. The molecule has 0 radical (unpaired) electrons. The number of nitrogens with one attached hydrogen (secondary N) is 2. The maximum absolute atomic E-state index is 9.22. The van der Waals surface area contributed by atoms with Crippen molar-refractivity contribution < 1.29 is 9.84 Å². The highest BCUT2D eigenvalue weighted by molar-refractivity contribution is 5.87. The molecule has 4 rings (SSSR count). The van der Waals surface area contributed by atoms with Crippen molar-refractivity contribution in [2.24, 2.45) is 7.05 Å². The summed E-state index contributed by atoms with van der Waals surface area (Å²) >= 11 is 0. The Morgan fingerprint density at radius 1 is 1.09 bits per heavy atom. The number of aryl methyl sites for hydroxylation is 1. The molecule has 3 aromatic rings. The highest BCUT2D eigenvalue weighted by atomic mass is 16.5. The summed E-state index contributed by atoms with van der Waals surface area (Å²) in [5, 5.41) is 21.6. The fourth-order valence-corrected chi connectivity index (χ4v) is 4.38. The van der Waals surface area contributed by atoms with Gasteiger partial charge in [-0.05, 0) is 51.2 Å². The Bertz CT molecular complexity index is 1060. The van der Waals surface area contributed by atoms with Crippen LogP contribution in [0.2, 0.25) is 0 Å². The average molecular weight is 453 g/mol. The second-order valence-electron chi connectivity index (χ2n) is 9.86. The third kappa shape index (κ3) is 6.00. The van der Waals surface area contributed by atoms with Crippen LogP contribution in [0.3, 0.4) is 0 Å². The molecule has 3 N–H and O–H groups in total. The van der Waals surface area contributed by atoms with Crippen molar-refractivity contribution in [1.82, 2.24) is 19.7 Å². The first kappa shape index (κ1) is 23.4. The van der Waals surface area contributed by atoms with Crippen LogP contribution in [-0.4, -0.2) is 49.1 Å². The molecule has 0 saturated heterocycles. The average Bonchev–Trinajstić information content (AvgIpc) is 3.15. The molecule has 1 aliphatic rings. The molecule has 2 aromatic heterocycles. The van der Waals surface area contributed by atoms with Crippen LogP contribution < -0.4 is 10.6 Å². The monoisotopic (exact) mass is 452 g/mol. The van der Waals surface area contributed by atoms with Crippen molar-refractivity contribution in [3.8, 4) is 0 Å². The molecular formula is C25H36N6O2. The minimum atomic E-state index is -0.184. The molecule has 0 aliphatic heterocycles. The second kappa shape index (κ2) is 10.1. The number of aliphatic hydroxyl groups excluding tert-OH is 1. The maximum atomic E-state index is 9.22. The fourth-order valence-electron chi connectivity index (χ4n) is 4.38. The van der Waals surface area contributed by atoms with Gasteiger partial charge in [-0.2, -0.15) is 15.1 Å². The van der Waals surface area contributed by atoms with E-state index in [2.05, 4.69) is 48.6 Å². The summed E-state index contributed by atoms with van der Waals surface area (Å²) in [5.41, 5.74) is 2.74. The Balaban J connectivity index is 1.50. The van der Waals surface area contributed by atoms with E-state index in [1.807, 2.05) is 25.4 Å². The van der Waals surface area contributed by atoms with E-state index in [1.54, 1.807) is 4.68 Å². The van der Waals surface area contributed by atoms with Gasteiger partial charge in [-0.1, -0.05) is 37.1 Å². The molecule has 2 atom stereocenters. The molecule has 1 aliphatic carbocycles. The zero-order valence-electron chi connectivity index (χ0n) is 20.1. The molecule has 2 heterocycles. The van der Waals surface area contributed by atoms with Crippen LogP contribution in [0.1, 0.15) is 57.6 Å². The van der Waals surface area contributed by atoms with Gasteiger partial charge in [0.2, 0.25) is 5.95 Å². The Hall–Kier alpha value is -2.71. The Kier molecular flexibility index (Phi) is 7.14. The van der Waals surface area contributed by atoms with Gasteiger partial charge in [0.25, 0.3) is 0 Å². The molecule has 33 heavy (non-hydrogen) atoms. The van der Waals surface area contributed by atoms with Gasteiger partial charge < -0.3 is 20.5 Å². The van der Waals surface area contributed by atoms with Gasteiger partial charge in [0.05, 0.1) is 35.9 Å². The summed E-state index contributed by atoms with van der Waals surface area (Å²) in [7, 11) is 1.90. The molecule has 0 amide bonds. The first-order chi connectivity index (χ1) is 15.8. The van der Waals surface area contributed by atoms with E-state index >= 15 is 0 Å². The molecular weight excluding hydrogens is 416 g/mol. The van der Waals surface area contributed by atoms with Crippen molar-refractivity contribution in [3.05, 3.63) is 41.6 Å². The smallest absolute Gasteiger partial charge is 0.227 e. The quantitative estimate of drug-likeness (QED) is 0.474. The van der Waals surface area contributed by atoms with E-state index in [-0.39, 0.29) is 24.4 Å². The van der Waals surface area contributed by atoms with E-state index in [4.69, 9.17) is 14.7 Å². The van der Waals surface area contributed by atoms with Crippen molar-refractivity contribution in [3.63, 3.8) is 0 Å². The molecule has 1 fully saturated rings. The normalized spacial score (nSPS) is 19.1. The zero-order chi connectivity index (χ0) is 23.4. The summed E-state index contributed by atoms with van der Waals surface area (Å²) < 4.78 is 8.14. The van der Waals surface area contributed by atoms with Gasteiger partial charge in [0.15, 0.2) is 5.65 Å². The number of hydrogen-bond acceptors (Lipinski definition) is 7. The number of fused-ring (bicyclic) bond motifs is 1. The number of benzene rings is 1. The number of rotatable bonds is 8. The Labute approximate surface area is 195 Å². The topological polar surface area (TPSA) is 97.1 Å². The van der Waals surface area contributed by atoms with Crippen molar-refractivity contribution >= 4 is 22.8 Å². The van der Waals surface area contributed by atoms with Gasteiger partial charge in [-0.25, -0.2) is 0 Å². The van der Waals surface area contributed by atoms with Crippen molar-refractivity contribution in [1.29, 1.82) is 0 Å². The summed E-state index contributed by atoms with van der Waals surface area (Å²) in [5.74, 6) is 1.39. The van der Waals surface area contributed by atoms with Crippen LogP contribution in [0.4, 0.5) is 11.8 Å². The third-order valence-electron chi connectivity index (χ3n) is 6.03. The highest BCUT2D eigenvalue weighted by Crippen LogP contribution is 2.28. The van der Waals surface area contributed by atoms with Crippen LogP contribution in [0, 0.1) is 0 Å². The van der Waals surface area contributed by atoms with Crippen molar-refractivity contribution in [2.75, 3.05) is 17.2 Å². The number of hydrogen-bond donors (Lipinski definition) is 3. The first-order valence-corrected chi connectivity index (χ1v) is 11.9. The van der Waals surface area contributed by atoms with E-state index in [1.165, 1.54) is 18.4 Å². The van der Waals surface area contributed by atoms with E-state index < -0.39 is 0 Å². The van der Waals surface area contributed by atoms with Gasteiger partial charge in [-0.15, -0.1) is 0 Å². The molecule has 1 aromatic carbocycles. The number of nitrogens with zero attached hydrogens (tertiary/aromatic N) is 4. The standard InChI is InChI=1S/C25H36N6O2/c1-25(2,3)33-21-8-6-5-7-20(21)28-24-29-22(19-15-27-31(4)23(19)30-24)26-14-13-17-9-11-18(16-32)12-10-17/h9-12,15,20-21,32H,5-8,13-14,16H2,1-4H3,(H2,26,28,29,30)/t20-,21-/m0/s1. The zero-order valence-corrected chi connectivity index (χ0v) is 20.1. The minimum absolute atomic E-state index is 0.0663. The predicted molar refractivity (Wildman–Crippen MR) is 131 cm³/mol. The fraction of sp³-hybridized carbons (Fsp3) is 0.560. The lowest BCUT2D eigenvalue weighted by Crippen LogP contribution is -2.42. The molecule has 1 saturated carbocycles. The minimum Gasteiger partial charge on any atom is -0.392 e.